The van der Waals surface area contributed by atoms with Crippen LogP contribution in [0.2, 0.25) is 0 Å². The van der Waals surface area contributed by atoms with Crippen LogP contribution in [0.5, 0.6) is 0 Å². The average molecular weight is 282 g/mol. The molecule has 1 unspecified atom stereocenters. The molecule has 3 nitrogen and oxygen atoms in total. The molecule has 0 bridgehead atoms. The minimum absolute atomic E-state index is 0.149. The summed E-state index contributed by atoms with van der Waals surface area (Å²) in [5.41, 5.74) is 1.36. The van der Waals surface area contributed by atoms with E-state index in [0.29, 0.717) is 12.6 Å². The Labute approximate surface area is 120 Å². The van der Waals surface area contributed by atoms with Crippen LogP contribution in [0.3, 0.4) is 0 Å². The van der Waals surface area contributed by atoms with E-state index in [0.717, 1.165) is 19.4 Å². The van der Waals surface area contributed by atoms with Gasteiger partial charge in [0.1, 0.15) is 5.01 Å². The Balaban J connectivity index is 1.94. The first-order valence-electron chi connectivity index (χ1n) is 7.30. The van der Waals surface area contributed by atoms with Crippen LogP contribution in [-0.2, 0) is 12.0 Å². The van der Waals surface area contributed by atoms with Gasteiger partial charge in [0, 0.05) is 23.4 Å². The summed E-state index contributed by atoms with van der Waals surface area (Å²) in [5.74, 6) is 0. The van der Waals surface area contributed by atoms with Crippen LogP contribution in [0.1, 0.15) is 57.2 Å². The second-order valence-electron chi connectivity index (χ2n) is 6.51. The highest BCUT2D eigenvalue weighted by atomic mass is 32.1. The van der Waals surface area contributed by atoms with Crippen LogP contribution in [0.4, 0.5) is 0 Å². The Morgan fingerprint density at radius 2 is 2.26 bits per heavy atom. The molecule has 1 aliphatic heterocycles. The van der Waals surface area contributed by atoms with E-state index < -0.39 is 0 Å². The minimum Gasteiger partial charge on any atom is -0.396 e. The third-order valence-electron chi connectivity index (χ3n) is 3.85. The standard InChI is InChI=1S/C15H26N2OS/c1-15(2,3)13-11-19-14(16-13)10-17-8-4-6-12(17)7-5-9-18/h11-12,18H,4-10H2,1-3H3. The summed E-state index contributed by atoms with van der Waals surface area (Å²) < 4.78 is 0. The largest absolute Gasteiger partial charge is 0.396 e. The highest BCUT2D eigenvalue weighted by Gasteiger charge is 2.25. The van der Waals surface area contributed by atoms with E-state index in [2.05, 4.69) is 31.1 Å². The predicted octanol–water partition coefficient (Wildman–Crippen LogP) is 3.18. The summed E-state index contributed by atoms with van der Waals surface area (Å²) in [4.78, 5) is 7.33. The molecule has 1 N–H and O–H groups in total. The Morgan fingerprint density at radius 3 is 2.89 bits per heavy atom. The zero-order valence-electron chi connectivity index (χ0n) is 12.4. The second kappa shape index (κ2) is 6.33. The second-order valence-corrected chi connectivity index (χ2v) is 7.45. The number of hydrogen-bond donors (Lipinski definition) is 1. The first-order chi connectivity index (χ1) is 9.00. The zero-order chi connectivity index (χ0) is 13.9. The molecule has 19 heavy (non-hydrogen) atoms. The Morgan fingerprint density at radius 1 is 1.47 bits per heavy atom. The summed E-state index contributed by atoms with van der Waals surface area (Å²) >= 11 is 1.79. The quantitative estimate of drug-likeness (QED) is 0.901. The normalized spacial score (nSPS) is 21.2. The van der Waals surface area contributed by atoms with Crippen molar-refractivity contribution in [3.05, 3.63) is 16.1 Å². The number of likely N-dealkylation sites (tertiary alicyclic amines) is 1. The molecule has 2 heterocycles. The lowest BCUT2D eigenvalue weighted by molar-refractivity contribution is 0.210. The average Bonchev–Trinajstić information content (AvgIpc) is 2.95. The zero-order valence-corrected chi connectivity index (χ0v) is 13.2. The van der Waals surface area contributed by atoms with Gasteiger partial charge in [0.05, 0.1) is 12.2 Å². The van der Waals surface area contributed by atoms with Crippen LogP contribution in [0.25, 0.3) is 0 Å². The van der Waals surface area contributed by atoms with Gasteiger partial charge in [0.25, 0.3) is 0 Å². The van der Waals surface area contributed by atoms with Gasteiger partial charge >= 0.3 is 0 Å². The summed E-state index contributed by atoms with van der Waals surface area (Å²) in [6.45, 7) is 9.12. The van der Waals surface area contributed by atoms with Crippen LogP contribution >= 0.6 is 11.3 Å². The van der Waals surface area contributed by atoms with Gasteiger partial charge in [-0.05, 0) is 32.2 Å². The van der Waals surface area contributed by atoms with Crippen molar-refractivity contribution in [3.63, 3.8) is 0 Å². The third kappa shape index (κ3) is 4.01. The van der Waals surface area contributed by atoms with E-state index >= 15 is 0 Å². The van der Waals surface area contributed by atoms with Gasteiger partial charge in [-0.3, -0.25) is 4.90 Å². The summed E-state index contributed by atoms with van der Waals surface area (Å²) in [6.07, 6.45) is 4.60. The molecule has 1 aliphatic rings. The van der Waals surface area contributed by atoms with Gasteiger partial charge in [-0.15, -0.1) is 11.3 Å². The maximum absolute atomic E-state index is 8.97. The lowest BCUT2D eigenvalue weighted by Crippen LogP contribution is -2.29. The SMILES string of the molecule is CC(C)(C)c1csc(CN2CCCC2CCCO)n1. The Bertz CT molecular complexity index is 397. The number of thiazole rings is 1. The number of aliphatic hydroxyl groups excluding tert-OH is 1. The molecule has 1 fully saturated rings. The molecule has 4 heteroatoms. The Hall–Kier alpha value is -0.450. The fraction of sp³-hybridized carbons (Fsp3) is 0.800. The number of nitrogens with zero attached hydrogens (tertiary/aromatic N) is 2. The van der Waals surface area contributed by atoms with Crippen molar-refractivity contribution in [2.75, 3.05) is 13.2 Å². The van der Waals surface area contributed by atoms with Crippen LogP contribution in [0, 0.1) is 0 Å². The molecule has 0 aromatic carbocycles. The van der Waals surface area contributed by atoms with Gasteiger partial charge in [-0.2, -0.15) is 0 Å². The van der Waals surface area contributed by atoms with Gasteiger partial charge in [-0.25, -0.2) is 4.98 Å². The molecule has 1 aromatic rings. The van der Waals surface area contributed by atoms with Crippen LogP contribution in [0.15, 0.2) is 5.38 Å². The van der Waals surface area contributed by atoms with E-state index in [1.165, 1.54) is 30.1 Å². The molecule has 1 atom stereocenters. The maximum Gasteiger partial charge on any atom is 0.107 e. The molecule has 0 radical (unpaired) electrons. The van der Waals surface area contributed by atoms with Crippen molar-refractivity contribution >= 4 is 11.3 Å². The fourth-order valence-corrected chi connectivity index (χ4v) is 3.70. The van der Waals surface area contributed by atoms with Crippen molar-refractivity contribution in [3.8, 4) is 0 Å². The molecule has 1 saturated heterocycles. The highest BCUT2D eigenvalue weighted by Crippen LogP contribution is 2.27. The van der Waals surface area contributed by atoms with Gasteiger partial charge in [0.2, 0.25) is 0 Å². The smallest absolute Gasteiger partial charge is 0.107 e. The Kier molecular flexibility index (Phi) is 4.98. The monoisotopic (exact) mass is 282 g/mol. The first kappa shape index (κ1) is 14.9. The van der Waals surface area contributed by atoms with Gasteiger partial charge in [-0.1, -0.05) is 20.8 Å². The van der Waals surface area contributed by atoms with Gasteiger partial charge < -0.3 is 5.11 Å². The molecule has 1 aromatic heterocycles. The lowest BCUT2D eigenvalue weighted by Gasteiger charge is -2.23. The molecular formula is C15H26N2OS. The summed E-state index contributed by atoms with van der Waals surface area (Å²) in [5, 5.41) is 12.4. The minimum atomic E-state index is 0.149. The number of rotatable bonds is 5. The first-order valence-corrected chi connectivity index (χ1v) is 8.18. The molecule has 0 saturated carbocycles. The predicted molar refractivity (Wildman–Crippen MR) is 80.6 cm³/mol. The van der Waals surface area contributed by atoms with Crippen molar-refractivity contribution in [1.82, 2.24) is 9.88 Å². The van der Waals surface area contributed by atoms with Crippen molar-refractivity contribution in [1.29, 1.82) is 0 Å². The van der Waals surface area contributed by atoms with E-state index in [9.17, 15) is 0 Å². The van der Waals surface area contributed by atoms with E-state index in [1.807, 2.05) is 0 Å². The number of aliphatic hydroxyl groups is 1. The lowest BCUT2D eigenvalue weighted by atomic mass is 9.93. The molecule has 0 amide bonds. The van der Waals surface area contributed by atoms with E-state index in [4.69, 9.17) is 10.1 Å². The molecule has 108 valence electrons. The fourth-order valence-electron chi connectivity index (χ4n) is 2.66. The van der Waals surface area contributed by atoms with Crippen LogP contribution in [-0.4, -0.2) is 34.2 Å². The third-order valence-corrected chi connectivity index (χ3v) is 4.69. The molecular weight excluding hydrogens is 256 g/mol. The summed E-state index contributed by atoms with van der Waals surface area (Å²) in [6, 6.07) is 0.647. The van der Waals surface area contributed by atoms with E-state index in [-0.39, 0.29) is 5.41 Å². The molecule has 0 aliphatic carbocycles. The molecule has 0 spiro atoms. The van der Waals surface area contributed by atoms with Crippen molar-refractivity contribution < 1.29 is 5.11 Å². The maximum atomic E-state index is 8.97. The van der Waals surface area contributed by atoms with Crippen molar-refractivity contribution in [2.45, 2.75) is 64.5 Å². The van der Waals surface area contributed by atoms with Crippen molar-refractivity contribution in [2.24, 2.45) is 0 Å². The van der Waals surface area contributed by atoms with Gasteiger partial charge in [0.15, 0.2) is 0 Å². The highest BCUT2D eigenvalue weighted by molar-refractivity contribution is 7.09. The summed E-state index contributed by atoms with van der Waals surface area (Å²) in [7, 11) is 0. The number of aromatic nitrogens is 1. The molecule has 2 rings (SSSR count). The van der Waals surface area contributed by atoms with E-state index in [1.54, 1.807) is 11.3 Å². The number of hydrogen-bond acceptors (Lipinski definition) is 4. The topological polar surface area (TPSA) is 36.4 Å². The van der Waals surface area contributed by atoms with Crippen LogP contribution < -0.4 is 0 Å².